The van der Waals surface area contributed by atoms with Crippen LogP contribution in [-0.2, 0) is 0 Å². The third kappa shape index (κ3) is 4.52. The number of benzene rings is 5. The molecule has 0 saturated heterocycles. The maximum atomic E-state index is 6.72. The number of hydrogen-bond acceptors (Lipinski definition) is 3. The number of para-hydroxylation sites is 2. The van der Waals surface area contributed by atoms with Gasteiger partial charge >= 0.3 is 0 Å². The first-order valence-electron chi connectivity index (χ1n) is 13.9. The summed E-state index contributed by atoms with van der Waals surface area (Å²) in [6.07, 6.45) is 2.13. The summed E-state index contributed by atoms with van der Waals surface area (Å²) in [5, 5.41) is 2.13. The number of aromatic nitrogens is 2. The fourth-order valence-corrected chi connectivity index (χ4v) is 5.38. The second-order valence-electron chi connectivity index (χ2n) is 10.2. The molecule has 3 nitrogen and oxygen atoms in total. The van der Waals surface area contributed by atoms with E-state index in [2.05, 4.69) is 111 Å². The lowest BCUT2D eigenvalue weighted by Crippen LogP contribution is -1.96. The van der Waals surface area contributed by atoms with Crippen LogP contribution in [0.15, 0.2) is 138 Å². The molecule has 0 radical (unpaired) electrons. The van der Waals surface area contributed by atoms with Crippen molar-refractivity contribution in [3.8, 4) is 45.0 Å². The Morgan fingerprint density at radius 1 is 0.561 bits per heavy atom. The molecular weight excluding hydrogens is 500 g/mol. The molecule has 0 bridgehead atoms. The van der Waals surface area contributed by atoms with Gasteiger partial charge in [-0.15, -0.1) is 0 Å². The average Bonchev–Trinajstić information content (AvgIpc) is 3.44. The van der Waals surface area contributed by atoms with E-state index in [1.165, 1.54) is 11.1 Å². The SMILES string of the molecule is CC=C(C)c1ccc(-c2cccc3c2oc2c(-c4nc(-c5ccccc5)cc(-c5ccccc5)n4)cccc23)cc1. The first kappa shape index (κ1) is 24.7. The van der Waals surface area contributed by atoms with Gasteiger partial charge in [0.25, 0.3) is 0 Å². The number of hydrogen-bond donors (Lipinski definition) is 0. The zero-order valence-corrected chi connectivity index (χ0v) is 23.0. The normalized spacial score (nSPS) is 11.8. The molecule has 0 amide bonds. The first-order chi connectivity index (χ1) is 20.2. The zero-order chi connectivity index (χ0) is 27.8. The van der Waals surface area contributed by atoms with Crippen molar-refractivity contribution < 1.29 is 4.42 Å². The molecule has 2 heterocycles. The Morgan fingerprint density at radius 2 is 1.10 bits per heavy atom. The van der Waals surface area contributed by atoms with Crippen LogP contribution >= 0.6 is 0 Å². The van der Waals surface area contributed by atoms with Crippen LogP contribution in [0.25, 0.3) is 72.5 Å². The molecule has 0 fully saturated rings. The molecule has 7 rings (SSSR count). The van der Waals surface area contributed by atoms with Crippen molar-refractivity contribution in [2.45, 2.75) is 13.8 Å². The predicted molar refractivity (Wildman–Crippen MR) is 170 cm³/mol. The lowest BCUT2D eigenvalue weighted by molar-refractivity contribution is 0.670. The second kappa shape index (κ2) is 10.4. The molecule has 0 aliphatic heterocycles. The maximum Gasteiger partial charge on any atom is 0.164 e. The summed E-state index contributed by atoms with van der Waals surface area (Å²) in [5.74, 6) is 0.641. The summed E-state index contributed by atoms with van der Waals surface area (Å²) in [6, 6.07) is 43.8. The Balaban J connectivity index is 1.43. The molecule has 0 aliphatic carbocycles. The molecule has 0 saturated carbocycles. The third-order valence-electron chi connectivity index (χ3n) is 7.71. The van der Waals surface area contributed by atoms with Crippen LogP contribution in [0.2, 0.25) is 0 Å². The van der Waals surface area contributed by atoms with E-state index in [-0.39, 0.29) is 0 Å². The summed E-state index contributed by atoms with van der Waals surface area (Å²) < 4.78 is 6.72. The zero-order valence-electron chi connectivity index (χ0n) is 23.0. The van der Waals surface area contributed by atoms with Gasteiger partial charge in [0.2, 0.25) is 0 Å². The summed E-state index contributed by atoms with van der Waals surface area (Å²) in [5.41, 5.74) is 11.0. The van der Waals surface area contributed by atoms with Crippen LogP contribution in [-0.4, -0.2) is 9.97 Å². The van der Waals surface area contributed by atoms with Crippen LogP contribution < -0.4 is 0 Å². The van der Waals surface area contributed by atoms with Crippen LogP contribution in [0.3, 0.4) is 0 Å². The Kier molecular flexibility index (Phi) is 6.25. The number of furan rings is 1. The molecule has 5 aromatic carbocycles. The van der Waals surface area contributed by atoms with Gasteiger partial charge in [-0.3, -0.25) is 0 Å². The predicted octanol–water partition coefficient (Wildman–Crippen LogP) is 10.5. The maximum absolute atomic E-state index is 6.72. The van der Waals surface area contributed by atoms with Gasteiger partial charge in [-0.25, -0.2) is 9.97 Å². The highest BCUT2D eigenvalue weighted by molar-refractivity contribution is 6.12. The van der Waals surface area contributed by atoms with Gasteiger partial charge in [0.1, 0.15) is 11.2 Å². The standard InChI is InChI=1S/C38H28N2O/c1-3-25(2)26-20-22-27(23-21-26)30-16-10-17-31-32-18-11-19-33(37(32)41-36(30)31)38-39-34(28-12-6-4-7-13-28)24-35(40-38)29-14-8-5-9-15-29/h3-24H,1-2H3. The summed E-state index contributed by atoms with van der Waals surface area (Å²) in [6.45, 7) is 4.20. The molecule has 3 heteroatoms. The van der Waals surface area contributed by atoms with Crippen molar-refractivity contribution >= 4 is 27.5 Å². The second-order valence-corrected chi connectivity index (χ2v) is 10.2. The van der Waals surface area contributed by atoms with E-state index in [0.29, 0.717) is 5.82 Å². The third-order valence-corrected chi connectivity index (χ3v) is 7.71. The van der Waals surface area contributed by atoms with E-state index in [4.69, 9.17) is 14.4 Å². The minimum Gasteiger partial charge on any atom is -0.455 e. The smallest absolute Gasteiger partial charge is 0.164 e. The Hall–Kier alpha value is -5.28. The van der Waals surface area contributed by atoms with Gasteiger partial charge in [0.05, 0.1) is 17.0 Å². The Morgan fingerprint density at radius 3 is 1.66 bits per heavy atom. The van der Waals surface area contributed by atoms with Crippen molar-refractivity contribution in [1.29, 1.82) is 0 Å². The van der Waals surface area contributed by atoms with Crippen molar-refractivity contribution in [3.05, 3.63) is 139 Å². The van der Waals surface area contributed by atoms with Crippen molar-refractivity contribution in [3.63, 3.8) is 0 Å². The van der Waals surface area contributed by atoms with Gasteiger partial charge in [0.15, 0.2) is 5.82 Å². The molecule has 41 heavy (non-hydrogen) atoms. The molecule has 0 aliphatic rings. The first-order valence-corrected chi connectivity index (χ1v) is 13.9. The number of rotatable bonds is 5. The number of fused-ring (bicyclic) bond motifs is 3. The average molecular weight is 529 g/mol. The van der Waals surface area contributed by atoms with Gasteiger partial charge in [-0.2, -0.15) is 0 Å². The van der Waals surface area contributed by atoms with E-state index in [9.17, 15) is 0 Å². The van der Waals surface area contributed by atoms with Gasteiger partial charge in [-0.05, 0) is 42.7 Å². The fourth-order valence-electron chi connectivity index (χ4n) is 5.38. The van der Waals surface area contributed by atoms with E-state index in [1.807, 2.05) is 36.4 Å². The van der Waals surface area contributed by atoms with Crippen LogP contribution in [0.4, 0.5) is 0 Å². The van der Waals surface area contributed by atoms with Crippen LogP contribution in [0.1, 0.15) is 19.4 Å². The monoisotopic (exact) mass is 528 g/mol. The molecule has 0 spiro atoms. The van der Waals surface area contributed by atoms with Crippen molar-refractivity contribution in [2.75, 3.05) is 0 Å². The molecular formula is C38H28N2O. The minimum absolute atomic E-state index is 0.641. The van der Waals surface area contributed by atoms with Crippen LogP contribution in [0.5, 0.6) is 0 Å². The Bertz CT molecular complexity index is 1980. The van der Waals surface area contributed by atoms with E-state index in [1.54, 1.807) is 0 Å². The van der Waals surface area contributed by atoms with Gasteiger partial charge < -0.3 is 4.42 Å². The van der Waals surface area contributed by atoms with Crippen molar-refractivity contribution in [2.24, 2.45) is 0 Å². The summed E-state index contributed by atoms with van der Waals surface area (Å²) >= 11 is 0. The summed E-state index contributed by atoms with van der Waals surface area (Å²) in [4.78, 5) is 10.1. The topological polar surface area (TPSA) is 38.9 Å². The lowest BCUT2D eigenvalue weighted by Gasteiger charge is -2.09. The van der Waals surface area contributed by atoms with E-state index < -0.39 is 0 Å². The largest absolute Gasteiger partial charge is 0.455 e. The Labute approximate surface area is 239 Å². The highest BCUT2D eigenvalue weighted by atomic mass is 16.3. The number of allylic oxidation sites excluding steroid dienone is 2. The van der Waals surface area contributed by atoms with E-state index in [0.717, 1.165) is 61.1 Å². The van der Waals surface area contributed by atoms with Gasteiger partial charge in [-0.1, -0.05) is 121 Å². The van der Waals surface area contributed by atoms with Crippen molar-refractivity contribution in [1.82, 2.24) is 9.97 Å². The quantitative estimate of drug-likeness (QED) is 0.223. The van der Waals surface area contributed by atoms with E-state index >= 15 is 0 Å². The highest BCUT2D eigenvalue weighted by Gasteiger charge is 2.18. The molecule has 0 N–H and O–H groups in total. The molecule has 0 atom stereocenters. The molecule has 0 unspecified atom stereocenters. The fraction of sp³-hybridized carbons (Fsp3) is 0.0526. The van der Waals surface area contributed by atoms with Gasteiger partial charge in [0, 0.05) is 27.5 Å². The number of nitrogens with zero attached hydrogens (tertiary/aromatic N) is 2. The molecule has 7 aromatic rings. The molecule has 196 valence electrons. The highest BCUT2D eigenvalue weighted by Crippen LogP contribution is 2.40. The van der Waals surface area contributed by atoms with Crippen LogP contribution in [0, 0.1) is 0 Å². The molecule has 2 aromatic heterocycles. The minimum atomic E-state index is 0.641. The lowest BCUT2D eigenvalue weighted by atomic mass is 9.99. The summed E-state index contributed by atoms with van der Waals surface area (Å²) in [7, 11) is 0.